The van der Waals surface area contributed by atoms with E-state index >= 15 is 0 Å². The number of nitrogens with one attached hydrogen (secondary N) is 1. The molecule has 0 aliphatic carbocycles. The van der Waals surface area contributed by atoms with Crippen LogP contribution in [0.1, 0.15) is 48.7 Å². The number of carbonyl (C=O) groups excluding carboxylic acids is 1. The van der Waals surface area contributed by atoms with Gasteiger partial charge >= 0.3 is 0 Å². The van der Waals surface area contributed by atoms with E-state index in [2.05, 4.69) is 26.4 Å². The Balaban J connectivity index is 1.55. The maximum Gasteiger partial charge on any atom is 0.254 e. The highest BCUT2D eigenvalue weighted by Gasteiger charge is 2.22. The molecule has 2 aromatic heterocycles. The molecule has 0 unspecified atom stereocenters. The van der Waals surface area contributed by atoms with Gasteiger partial charge in [-0.15, -0.1) is 0 Å². The van der Waals surface area contributed by atoms with Crippen LogP contribution in [0.15, 0.2) is 36.9 Å². The fraction of sp³-hybridized carbons (Fsp3) is 0.500. The number of carbonyl (C=O) groups is 1. The quantitative estimate of drug-likeness (QED) is 0.915. The molecular weight excluding hydrogens is 302 g/mol. The van der Waals surface area contributed by atoms with Crippen molar-refractivity contribution in [2.75, 3.05) is 13.1 Å². The first kappa shape index (κ1) is 16.6. The molecule has 0 bridgehead atoms. The zero-order valence-electron chi connectivity index (χ0n) is 14.4. The molecule has 1 amide bonds. The molecule has 3 rings (SSSR count). The van der Waals surface area contributed by atoms with Gasteiger partial charge in [-0.1, -0.05) is 6.07 Å². The first-order valence-electron chi connectivity index (χ1n) is 8.58. The van der Waals surface area contributed by atoms with E-state index in [4.69, 9.17) is 0 Å². The Morgan fingerprint density at radius 1 is 1.42 bits per heavy atom. The summed E-state index contributed by atoms with van der Waals surface area (Å²) in [7, 11) is 0. The first-order chi connectivity index (χ1) is 11.6. The SMILES string of the molecule is CC(C)n1cc(C(=O)N[C@H]2CCCN(Cc3cccnc3)C2)cn1. The van der Waals surface area contributed by atoms with Crippen LogP contribution in [0, 0.1) is 0 Å². The standard InChI is InChI=1S/C18H25N5O/c1-14(2)23-12-16(10-20-23)18(24)21-17-6-4-8-22(13-17)11-15-5-3-7-19-9-15/h3,5,7,9-10,12,14,17H,4,6,8,11,13H2,1-2H3,(H,21,24)/t17-/m0/s1. The van der Waals surface area contributed by atoms with Gasteiger partial charge in [0, 0.05) is 43.8 Å². The van der Waals surface area contributed by atoms with Crippen molar-refractivity contribution in [2.45, 2.75) is 45.3 Å². The molecule has 24 heavy (non-hydrogen) atoms. The van der Waals surface area contributed by atoms with Gasteiger partial charge in [0.25, 0.3) is 5.91 Å². The minimum Gasteiger partial charge on any atom is -0.348 e. The van der Waals surface area contributed by atoms with Crippen molar-refractivity contribution in [1.82, 2.24) is 25.0 Å². The van der Waals surface area contributed by atoms with E-state index in [0.717, 1.165) is 32.5 Å². The van der Waals surface area contributed by atoms with Gasteiger partial charge in [0.2, 0.25) is 0 Å². The van der Waals surface area contributed by atoms with Crippen molar-refractivity contribution in [2.24, 2.45) is 0 Å². The fourth-order valence-electron chi connectivity index (χ4n) is 3.07. The second-order valence-electron chi connectivity index (χ2n) is 6.71. The van der Waals surface area contributed by atoms with Gasteiger partial charge < -0.3 is 5.32 Å². The molecule has 0 radical (unpaired) electrons. The number of hydrogen-bond acceptors (Lipinski definition) is 4. The highest BCUT2D eigenvalue weighted by Crippen LogP contribution is 2.14. The van der Waals surface area contributed by atoms with Crippen LogP contribution in [0.5, 0.6) is 0 Å². The molecule has 0 aromatic carbocycles. The van der Waals surface area contributed by atoms with Crippen molar-refractivity contribution in [3.63, 3.8) is 0 Å². The van der Waals surface area contributed by atoms with Gasteiger partial charge in [0.15, 0.2) is 0 Å². The van der Waals surface area contributed by atoms with E-state index in [-0.39, 0.29) is 18.0 Å². The summed E-state index contributed by atoms with van der Waals surface area (Å²) in [6, 6.07) is 4.50. The van der Waals surface area contributed by atoms with Gasteiger partial charge in [-0.2, -0.15) is 5.10 Å². The lowest BCUT2D eigenvalue weighted by molar-refractivity contribution is 0.0900. The molecule has 2 aromatic rings. The summed E-state index contributed by atoms with van der Waals surface area (Å²) in [5, 5.41) is 7.39. The Hall–Kier alpha value is -2.21. The molecule has 1 N–H and O–H groups in total. The third kappa shape index (κ3) is 4.20. The number of amides is 1. The van der Waals surface area contributed by atoms with Gasteiger partial charge in [-0.3, -0.25) is 19.4 Å². The number of rotatable bonds is 5. The van der Waals surface area contributed by atoms with Crippen molar-refractivity contribution in [3.05, 3.63) is 48.0 Å². The van der Waals surface area contributed by atoms with E-state index in [1.54, 1.807) is 12.4 Å². The minimum absolute atomic E-state index is 0.0323. The topological polar surface area (TPSA) is 63.1 Å². The summed E-state index contributed by atoms with van der Waals surface area (Å²) in [5.74, 6) is -0.0323. The van der Waals surface area contributed by atoms with Crippen molar-refractivity contribution >= 4 is 5.91 Å². The summed E-state index contributed by atoms with van der Waals surface area (Å²) >= 11 is 0. The molecule has 3 heterocycles. The number of nitrogens with zero attached hydrogens (tertiary/aromatic N) is 4. The molecule has 0 spiro atoms. The number of likely N-dealkylation sites (tertiary alicyclic amines) is 1. The molecule has 0 saturated carbocycles. The van der Waals surface area contributed by atoms with E-state index in [0.29, 0.717) is 5.56 Å². The molecule has 6 nitrogen and oxygen atoms in total. The highest BCUT2D eigenvalue weighted by molar-refractivity contribution is 5.93. The largest absolute Gasteiger partial charge is 0.348 e. The molecule has 128 valence electrons. The van der Waals surface area contributed by atoms with Gasteiger partial charge in [0.1, 0.15) is 0 Å². The lowest BCUT2D eigenvalue weighted by Gasteiger charge is -2.33. The third-order valence-corrected chi connectivity index (χ3v) is 4.36. The van der Waals surface area contributed by atoms with Crippen LogP contribution in [0.3, 0.4) is 0 Å². The number of aromatic nitrogens is 3. The van der Waals surface area contributed by atoms with E-state index in [1.807, 2.05) is 37.0 Å². The van der Waals surface area contributed by atoms with Crippen LogP contribution in [0.4, 0.5) is 0 Å². The average Bonchev–Trinajstić information content (AvgIpc) is 3.06. The maximum atomic E-state index is 12.4. The molecule has 1 atom stereocenters. The fourth-order valence-corrected chi connectivity index (χ4v) is 3.07. The van der Waals surface area contributed by atoms with Crippen molar-refractivity contribution in [1.29, 1.82) is 0 Å². The van der Waals surface area contributed by atoms with E-state index in [1.165, 1.54) is 5.56 Å². The summed E-state index contributed by atoms with van der Waals surface area (Å²) in [6.45, 7) is 6.91. The Bertz CT molecular complexity index is 667. The van der Waals surface area contributed by atoms with Crippen LogP contribution in [-0.2, 0) is 6.54 Å². The summed E-state index contributed by atoms with van der Waals surface area (Å²) in [6.07, 6.45) is 9.27. The summed E-state index contributed by atoms with van der Waals surface area (Å²) < 4.78 is 1.81. The Labute approximate surface area is 142 Å². The van der Waals surface area contributed by atoms with Crippen LogP contribution >= 0.6 is 0 Å². The predicted molar refractivity (Wildman–Crippen MR) is 92.6 cm³/mol. The van der Waals surface area contributed by atoms with Crippen LogP contribution in [0.2, 0.25) is 0 Å². The zero-order chi connectivity index (χ0) is 16.9. The lowest BCUT2D eigenvalue weighted by atomic mass is 10.0. The predicted octanol–water partition coefficient (Wildman–Crippen LogP) is 2.25. The number of hydrogen-bond donors (Lipinski definition) is 1. The first-order valence-corrected chi connectivity index (χ1v) is 8.58. The van der Waals surface area contributed by atoms with Gasteiger partial charge in [-0.25, -0.2) is 0 Å². The Morgan fingerprint density at radius 3 is 3.00 bits per heavy atom. The molecule has 1 aliphatic heterocycles. The maximum absolute atomic E-state index is 12.4. The van der Waals surface area contributed by atoms with Gasteiger partial charge in [-0.05, 0) is 44.9 Å². The monoisotopic (exact) mass is 327 g/mol. The zero-order valence-corrected chi connectivity index (χ0v) is 14.4. The molecule has 1 saturated heterocycles. The normalized spacial score (nSPS) is 18.7. The second kappa shape index (κ2) is 7.57. The molecule has 1 aliphatic rings. The highest BCUT2D eigenvalue weighted by atomic mass is 16.1. The molecular formula is C18H25N5O. The Morgan fingerprint density at radius 2 is 2.29 bits per heavy atom. The smallest absolute Gasteiger partial charge is 0.254 e. The van der Waals surface area contributed by atoms with Crippen molar-refractivity contribution < 1.29 is 4.79 Å². The summed E-state index contributed by atoms with van der Waals surface area (Å²) in [4.78, 5) is 19.0. The van der Waals surface area contributed by atoms with Crippen LogP contribution in [0.25, 0.3) is 0 Å². The average molecular weight is 327 g/mol. The number of piperidine rings is 1. The van der Waals surface area contributed by atoms with E-state index < -0.39 is 0 Å². The molecule has 1 fully saturated rings. The summed E-state index contributed by atoms with van der Waals surface area (Å²) in [5.41, 5.74) is 1.84. The number of pyridine rings is 1. The third-order valence-electron chi connectivity index (χ3n) is 4.36. The Kier molecular flexibility index (Phi) is 5.25. The van der Waals surface area contributed by atoms with E-state index in [9.17, 15) is 4.79 Å². The van der Waals surface area contributed by atoms with Gasteiger partial charge in [0.05, 0.1) is 11.8 Å². The van der Waals surface area contributed by atoms with Crippen molar-refractivity contribution in [3.8, 4) is 0 Å². The lowest BCUT2D eigenvalue weighted by Crippen LogP contribution is -2.47. The van der Waals surface area contributed by atoms with Crippen LogP contribution < -0.4 is 5.32 Å². The minimum atomic E-state index is -0.0323. The molecule has 6 heteroatoms. The van der Waals surface area contributed by atoms with Crippen LogP contribution in [-0.4, -0.2) is 44.7 Å². The second-order valence-corrected chi connectivity index (χ2v) is 6.71.